The van der Waals surface area contributed by atoms with Gasteiger partial charge in [-0.15, -0.1) is 0 Å². The van der Waals surface area contributed by atoms with Crippen molar-refractivity contribution in [2.75, 3.05) is 26.8 Å². The fourth-order valence-corrected chi connectivity index (χ4v) is 3.61. The van der Waals surface area contributed by atoms with E-state index in [0.717, 1.165) is 63.4 Å². The second-order valence-corrected chi connectivity index (χ2v) is 6.15. The molecule has 3 heterocycles. The molecule has 0 aromatic carbocycles. The smallest absolute Gasteiger partial charge is 0.125 e. The van der Waals surface area contributed by atoms with Gasteiger partial charge in [0, 0.05) is 39.5 Å². The van der Waals surface area contributed by atoms with Crippen LogP contribution in [0.1, 0.15) is 37.2 Å². The minimum atomic E-state index is -0.0505. The third kappa shape index (κ3) is 3.25. The predicted molar refractivity (Wildman–Crippen MR) is 80.0 cm³/mol. The molecule has 0 saturated carbocycles. The molecule has 1 atom stereocenters. The summed E-state index contributed by atoms with van der Waals surface area (Å²) in [5, 5.41) is 0. The number of aromatic nitrogens is 2. The molecule has 2 saturated heterocycles. The van der Waals surface area contributed by atoms with Crippen molar-refractivity contribution < 1.29 is 9.47 Å². The van der Waals surface area contributed by atoms with Gasteiger partial charge in [0.1, 0.15) is 5.82 Å². The number of likely N-dealkylation sites (tertiary alicyclic amines) is 1. The third-order valence-electron chi connectivity index (χ3n) is 4.79. The zero-order valence-electron chi connectivity index (χ0n) is 13.0. The summed E-state index contributed by atoms with van der Waals surface area (Å²) in [7, 11) is 1.82. The molecular formula is C16H25N3O2. The number of hydrogen-bond acceptors (Lipinski definition) is 5. The predicted octanol–water partition coefficient (Wildman–Crippen LogP) is 1.95. The van der Waals surface area contributed by atoms with Crippen LogP contribution in [0.5, 0.6) is 0 Å². The summed E-state index contributed by atoms with van der Waals surface area (Å²) in [6, 6.07) is 2.01. The van der Waals surface area contributed by atoms with Gasteiger partial charge in [0.25, 0.3) is 0 Å². The van der Waals surface area contributed by atoms with Crippen LogP contribution in [0, 0.1) is 6.92 Å². The SMILES string of the molecule is CO[C@H]1CCCOC12CCN(Cc1ccnc(C)n1)CC2. The quantitative estimate of drug-likeness (QED) is 0.852. The van der Waals surface area contributed by atoms with Crippen LogP contribution in [-0.2, 0) is 16.0 Å². The normalized spacial score (nSPS) is 26.1. The highest BCUT2D eigenvalue weighted by molar-refractivity contribution is 5.03. The van der Waals surface area contributed by atoms with Gasteiger partial charge >= 0.3 is 0 Å². The third-order valence-corrected chi connectivity index (χ3v) is 4.79. The van der Waals surface area contributed by atoms with Gasteiger partial charge in [0.15, 0.2) is 0 Å². The molecule has 0 radical (unpaired) electrons. The maximum Gasteiger partial charge on any atom is 0.125 e. The van der Waals surface area contributed by atoms with Crippen molar-refractivity contribution in [3.05, 3.63) is 23.8 Å². The van der Waals surface area contributed by atoms with Crippen molar-refractivity contribution in [1.29, 1.82) is 0 Å². The number of methoxy groups -OCH3 is 1. The molecule has 3 rings (SSSR count). The van der Waals surface area contributed by atoms with Gasteiger partial charge in [-0.3, -0.25) is 4.90 Å². The Morgan fingerprint density at radius 2 is 2.24 bits per heavy atom. The van der Waals surface area contributed by atoms with Crippen LogP contribution in [-0.4, -0.2) is 53.4 Å². The summed E-state index contributed by atoms with van der Waals surface area (Å²) in [5.74, 6) is 0.844. The van der Waals surface area contributed by atoms with Gasteiger partial charge in [-0.2, -0.15) is 0 Å². The molecule has 5 nitrogen and oxygen atoms in total. The number of nitrogens with zero attached hydrogens (tertiary/aromatic N) is 3. The van der Waals surface area contributed by atoms with Crippen molar-refractivity contribution in [3.8, 4) is 0 Å². The molecule has 0 unspecified atom stereocenters. The Balaban J connectivity index is 1.59. The lowest BCUT2D eigenvalue weighted by atomic mass is 9.82. The fourth-order valence-electron chi connectivity index (χ4n) is 3.61. The Hall–Kier alpha value is -1.04. The van der Waals surface area contributed by atoms with Crippen LogP contribution in [0.3, 0.4) is 0 Å². The molecule has 2 aliphatic rings. The molecule has 2 aliphatic heterocycles. The molecule has 5 heteroatoms. The molecule has 0 aliphatic carbocycles. The minimum Gasteiger partial charge on any atom is -0.378 e. The van der Waals surface area contributed by atoms with E-state index in [2.05, 4.69) is 14.9 Å². The summed E-state index contributed by atoms with van der Waals surface area (Å²) in [4.78, 5) is 11.1. The van der Waals surface area contributed by atoms with E-state index in [0.29, 0.717) is 0 Å². The maximum atomic E-state index is 6.15. The summed E-state index contributed by atoms with van der Waals surface area (Å²) in [6.07, 6.45) is 6.44. The highest BCUT2D eigenvalue weighted by Gasteiger charge is 2.44. The highest BCUT2D eigenvalue weighted by atomic mass is 16.5. The Labute approximate surface area is 126 Å². The first kappa shape index (κ1) is 14.9. The van der Waals surface area contributed by atoms with E-state index in [-0.39, 0.29) is 11.7 Å². The topological polar surface area (TPSA) is 47.5 Å². The Morgan fingerprint density at radius 1 is 1.43 bits per heavy atom. The highest BCUT2D eigenvalue weighted by Crippen LogP contribution is 2.36. The zero-order chi connectivity index (χ0) is 14.7. The number of piperidine rings is 1. The summed E-state index contributed by atoms with van der Waals surface area (Å²) in [5.41, 5.74) is 1.05. The first-order valence-corrected chi connectivity index (χ1v) is 7.89. The number of aryl methyl sites for hydroxylation is 1. The summed E-state index contributed by atoms with van der Waals surface area (Å²) < 4.78 is 11.8. The van der Waals surface area contributed by atoms with Gasteiger partial charge in [-0.05, 0) is 38.7 Å². The monoisotopic (exact) mass is 291 g/mol. The van der Waals surface area contributed by atoms with Gasteiger partial charge in [-0.25, -0.2) is 9.97 Å². The van der Waals surface area contributed by atoms with E-state index in [1.54, 1.807) is 0 Å². The molecule has 2 fully saturated rings. The Bertz CT molecular complexity index is 472. The van der Waals surface area contributed by atoms with E-state index in [9.17, 15) is 0 Å². The van der Waals surface area contributed by atoms with Crippen LogP contribution in [0.15, 0.2) is 12.3 Å². The molecule has 0 amide bonds. The Morgan fingerprint density at radius 3 is 2.95 bits per heavy atom. The minimum absolute atomic E-state index is 0.0505. The second-order valence-electron chi connectivity index (χ2n) is 6.15. The van der Waals surface area contributed by atoms with Crippen molar-refractivity contribution in [2.24, 2.45) is 0 Å². The standard InChI is InChI=1S/C16H25N3O2/c1-13-17-8-5-14(18-13)12-19-9-6-16(7-10-19)15(20-2)4-3-11-21-16/h5,8,15H,3-4,6-7,9-12H2,1-2H3/t15-/m0/s1. The average Bonchev–Trinajstić information content (AvgIpc) is 2.50. The van der Waals surface area contributed by atoms with E-state index in [1.807, 2.05) is 26.3 Å². The molecule has 0 bridgehead atoms. The molecule has 1 aromatic heterocycles. The van der Waals surface area contributed by atoms with E-state index in [4.69, 9.17) is 9.47 Å². The van der Waals surface area contributed by atoms with Gasteiger partial charge in [0.2, 0.25) is 0 Å². The molecular weight excluding hydrogens is 266 g/mol. The van der Waals surface area contributed by atoms with E-state index in [1.165, 1.54) is 0 Å². The van der Waals surface area contributed by atoms with Gasteiger partial charge in [-0.1, -0.05) is 0 Å². The first-order valence-electron chi connectivity index (χ1n) is 7.89. The van der Waals surface area contributed by atoms with Gasteiger partial charge < -0.3 is 9.47 Å². The lowest BCUT2D eigenvalue weighted by Crippen LogP contribution is -2.55. The summed E-state index contributed by atoms with van der Waals surface area (Å²) in [6.45, 7) is 5.81. The number of hydrogen-bond donors (Lipinski definition) is 0. The van der Waals surface area contributed by atoms with Crippen molar-refractivity contribution in [2.45, 2.75) is 50.9 Å². The van der Waals surface area contributed by atoms with Crippen LogP contribution >= 0.6 is 0 Å². The fraction of sp³-hybridized carbons (Fsp3) is 0.750. The van der Waals surface area contributed by atoms with Gasteiger partial charge in [0.05, 0.1) is 17.4 Å². The Kier molecular flexibility index (Phi) is 4.52. The molecule has 1 aromatic rings. The average molecular weight is 291 g/mol. The van der Waals surface area contributed by atoms with Crippen LogP contribution < -0.4 is 0 Å². The number of rotatable bonds is 3. The second kappa shape index (κ2) is 6.38. The van der Waals surface area contributed by atoms with Crippen molar-refractivity contribution in [3.63, 3.8) is 0 Å². The largest absolute Gasteiger partial charge is 0.378 e. The van der Waals surface area contributed by atoms with Crippen molar-refractivity contribution in [1.82, 2.24) is 14.9 Å². The lowest BCUT2D eigenvalue weighted by molar-refractivity contribution is -0.186. The van der Waals surface area contributed by atoms with E-state index < -0.39 is 0 Å². The lowest BCUT2D eigenvalue weighted by Gasteiger charge is -2.48. The van der Waals surface area contributed by atoms with Crippen LogP contribution in [0.2, 0.25) is 0 Å². The molecule has 21 heavy (non-hydrogen) atoms. The van der Waals surface area contributed by atoms with E-state index >= 15 is 0 Å². The zero-order valence-corrected chi connectivity index (χ0v) is 13.0. The molecule has 0 N–H and O–H groups in total. The first-order chi connectivity index (χ1) is 10.2. The maximum absolute atomic E-state index is 6.15. The molecule has 116 valence electrons. The molecule has 1 spiro atoms. The number of ether oxygens (including phenoxy) is 2. The van der Waals surface area contributed by atoms with Crippen LogP contribution in [0.4, 0.5) is 0 Å². The van der Waals surface area contributed by atoms with Crippen LogP contribution in [0.25, 0.3) is 0 Å². The summed E-state index contributed by atoms with van der Waals surface area (Å²) >= 11 is 0. The van der Waals surface area contributed by atoms with Crippen molar-refractivity contribution >= 4 is 0 Å².